The molecular weight excluding hydrogens is 285 g/mol. The van der Waals surface area contributed by atoms with Crippen molar-refractivity contribution in [3.63, 3.8) is 0 Å². The van der Waals surface area contributed by atoms with E-state index in [-0.39, 0.29) is 12.2 Å². The zero-order valence-electron chi connectivity index (χ0n) is 10.8. The summed E-state index contributed by atoms with van der Waals surface area (Å²) in [5, 5.41) is 5.51. The lowest BCUT2D eigenvalue weighted by Crippen LogP contribution is -2.21. The van der Waals surface area contributed by atoms with Gasteiger partial charge in [-0.05, 0) is 43.5 Å². The minimum absolute atomic E-state index is 0.00670. The largest absolute Gasteiger partial charge is 0.460 e. The second-order valence-electron chi connectivity index (χ2n) is 4.82. The van der Waals surface area contributed by atoms with Gasteiger partial charge in [0, 0.05) is 15.6 Å². The van der Waals surface area contributed by atoms with E-state index in [1.54, 1.807) is 6.26 Å². The monoisotopic (exact) mass is 297 g/mol. The molecule has 0 saturated carbocycles. The Balaban J connectivity index is 2.19. The molecule has 2 atom stereocenters. The van der Waals surface area contributed by atoms with Crippen LogP contribution in [0.5, 0.6) is 0 Å². The molecule has 0 aliphatic carbocycles. The maximum atomic E-state index is 6.35. The van der Waals surface area contributed by atoms with Crippen LogP contribution in [-0.2, 0) is 9.57 Å². The normalized spacial score (nSPS) is 23.9. The number of hydrogen-bond donors (Lipinski definition) is 0. The molecule has 0 bridgehead atoms. The Morgan fingerprint density at radius 1 is 1.05 bits per heavy atom. The molecule has 0 radical (unpaired) electrons. The van der Waals surface area contributed by atoms with Gasteiger partial charge in [-0.1, -0.05) is 28.4 Å². The molecule has 0 saturated heterocycles. The molecule has 1 aromatic rings. The maximum absolute atomic E-state index is 6.35. The molecule has 3 rings (SSSR count). The summed E-state index contributed by atoms with van der Waals surface area (Å²) in [7, 11) is 0. The molecule has 0 fully saturated rings. The Kier molecular flexibility index (Phi) is 2.99. The number of benzene rings is 1. The van der Waals surface area contributed by atoms with E-state index in [4.69, 9.17) is 32.8 Å². The SMILES string of the molecule is Cc1c(Cl)c(C)c(C2=NOC3OC=CC23)c(C)c1Cl. The van der Waals surface area contributed by atoms with Gasteiger partial charge in [0.2, 0.25) is 0 Å². The fourth-order valence-corrected chi connectivity index (χ4v) is 3.05. The second-order valence-corrected chi connectivity index (χ2v) is 5.57. The third kappa shape index (κ3) is 1.76. The van der Waals surface area contributed by atoms with Crippen LogP contribution in [0.2, 0.25) is 10.0 Å². The maximum Gasteiger partial charge on any atom is 0.276 e. The van der Waals surface area contributed by atoms with Gasteiger partial charge in [0.15, 0.2) is 0 Å². The molecule has 3 nitrogen and oxygen atoms in total. The molecule has 0 amide bonds. The Morgan fingerprint density at radius 2 is 1.68 bits per heavy atom. The minimum atomic E-state index is -0.354. The first-order valence-electron chi connectivity index (χ1n) is 6.03. The van der Waals surface area contributed by atoms with E-state index < -0.39 is 0 Å². The number of ether oxygens (including phenoxy) is 1. The van der Waals surface area contributed by atoms with E-state index in [0.29, 0.717) is 10.0 Å². The van der Waals surface area contributed by atoms with E-state index in [1.807, 2.05) is 26.8 Å². The van der Waals surface area contributed by atoms with Crippen LogP contribution in [0.3, 0.4) is 0 Å². The van der Waals surface area contributed by atoms with E-state index in [1.165, 1.54) is 0 Å². The molecule has 2 aliphatic heterocycles. The van der Waals surface area contributed by atoms with Gasteiger partial charge in [-0.3, -0.25) is 0 Å². The van der Waals surface area contributed by atoms with Crippen LogP contribution in [0.25, 0.3) is 0 Å². The van der Waals surface area contributed by atoms with Crippen molar-refractivity contribution in [1.29, 1.82) is 0 Å². The number of fused-ring (bicyclic) bond motifs is 1. The Labute approximate surface area is 121 Å². The van der Waals surface area contributed by atoms with Crippen molar-refractivity contribution < 1.29 is 9.57 Å². The van der Waals surface area contributed by atoms with Gasteiger partial charge in [-0.2, -0.15) is 0 Å². The first-order valence-corrected chi connectivity index (χ1v) is 6.79. The quantitative estimate of drug-likeness (QED) is 0.780. The Hall–Kier alpha value is -1.19. The third-order valence-electron chi connectivity index (χ3n) is 3.69. The highest BCUT2D eigenvalue weighted by molar-refractivity contribution is 6.38. The van der Waals surface area contributed by atoms with Crippen LogP contribution in [-0.4, -0.2) is 12.0 Å². The summed E-state index contributed by atoms with van der Waals surface area (Å²) in [6, 6.07) is 0. The summed E-state index contributed by atoms with van der Waals surface area (Å²) >= 11 is 12.7. The van der Waals surface area contributed by atoms with Crippen LogP contribution < -0.4 is 0 Å². The van der Waals surface area contributed by atoms with Gasteiger partial charge < -0.3 is 9.57 Å². The smallest absolute Gasteiger partial charge is 0.276 e. The molecule has 1 aromatic carbocycles. The molecule has 0 aromatic heterocycles. The topological polar surface area (TPSA) is 30.8 Å². The van der Waals surface area contributed by atoms with Crippen molar-refractivity contribution in [3.05, 3.63) is 44.6 Å². The molecule has 19 heavy (non-hydrogen) atoms. The van der Waals surface area contributed by atoms with Crippen molar-refractivity contribution in [3.8, 4) is 0 Å². The lowest BCUT2D eigenvalue weighted by atomic mass is 9.89. The zero-order valence-corrected chi connectivity index (χ0v) is 12.3. The van der Waals surface area contributed by atoms with Gasteiger partial charge >= 0.3 is 0 Å². The van der Waals surface area contributed by atoms with E-state index in [0.717, 1.165) is 28.0 Å². The summed E-state index contributed by atoms with van der Waals surface area (Å²) in [6.45, 7) is 5.87. The highest BCUT2D eigenvalue weighted by atomic mass is 35.5. The fraction of sp³-hybridized carbons (Fsp3) is 0.357. The van der Waals surface area contributed by atoms with Crippen molar-refractivity contribution in [2.45, 2.75) is 27.1 Å². The average Bonchev–Trinajstić information content (AvgIpc) is 2.98. The summed E-state index contributed by atoms with van der Waals surface area (Å²) in [6.07, 6.45) is 3.23. The molecule has 0 N–H and O–H groups in total. The van der Waals surface area contributed by atoms with Crippen molar-refractivity contribution in [2.24, 2.45) is 11.1 Å². The van der Waals surface area contributed by atoms with Crippen molar-refractivity contribution in [2.75, 3.05) is 0 Å². The van der Waals surface area contributed by atoms with E-state index in [2.05, 4.69) is 5.16 Å². The second kappa shape index (κ2) is 4.43. The van der Waals surface area contributed by atoms with Gasteiger partial charge in [-0.25, -0.2) is 0 Å². The minimum Gasteiger partial charge on any atom is -0.460 e. The summed E-state index contributed by atoms with van der Waals surface area (Å²) in [5.74, 6) is 0.00670. The molecule has 100 valence electrons. The lowest BCUT2D eigenvalue weighted by molar-refractivity contribution is -0.0860. The van der Waals surface area contributed by atoms with Crippen LogP contribution in [0.15, 0.2) is 17.5 Å². The third-order valence-corrected chi connectivity index (χ3v) is 4.82. The number of nitrogens with zero attached hydrogens (tertiary/aromatic N) is 1. The zero-order chi connectivity index (χ0) is 13.7. The fourth-order valence-electron chi connectivity index (χ4n) is 2.62. The number of oxime groups is 1. The number of rotatable bonds is 1. The number of hydrogen-bond acceptors (Lipinski definition) is 3. The Morgan fingerprint density at radius 3 is 2.32 bits per heavy atom. The van der Waals surface area contributed by atoms with E-state index >= 15 is 0 Å². The molecule has 2 unspecified atom stereocenters. The molecular formula is C14H13Cl2NO2. The average molecular weight is 298 g/mol. The van der Waals surface area contributed by atoms with Crippen LogP contribution in [0, 0.1) is 26.7 Å². The first-order chi connectivity index (χ1) is 9.02. The summed E-state index contributed by atoms with van der Waals surface area (Å²) in [5.41, 5.74) is 4.64. The standard InChI is InChI=1S/C14H13Cl2NO2/c1-6-10(7(2)12(16)8(3)11(6)15)13-9-4-5-18-14(9)19-17-13/h4-5,9,14H,1-3H3. The lowest BCUT2D eigenvalue weighted by Gasteiger charge is -2.17. The first kappa shape index (κ1) is 12.8. The van der Waals surface area contributed by atoms with Crippen LogP contribution in [0.4, 0.5) is 0 Å². The van der Waals surface area contributed by atoms with E-state index in [9.17, 15) is 0 Å². The van der Waals surface area contributed by atoms with Crippen LogP contribution in [0.1, 0.15) is 22.3 Å². The highest BCUT2D eigenvalue weighted by Gasteiger charge is 2.39. The van der Waals surface area contributed by atoms with Crippen molar-refractivity contribution >= 4 is 28.9 Å². The summed E-state index contributed by atoms with van der Waals surface area (Å²) < 4.78 is 5.31. The predicted octanol–water partition coefficient (Wildman–Crippen LogP) is 4.14. The van der Waals surface area contributed by atoms with Gasteiger partial charge in [0.1, 0.15) is 11.6 Å². The van der Waals surface area contributed by atoms with Gasteiger partial charge in [0.25, 0.3) is 6.29 Å². The van der Waals surface area contributed by atoms with Crippen LogP contribution >= 0.6 is 23.2 Å². The molecule has 0 spiro atoms. The molecule has 2 heterocycles. The molecule has 2 aliphatic rings. The molecule has 5 heteroatoms. The Bertz CT molecular complexity index is 593. The summed E-state index contributed by atoms with van der Waals surface area (Å²) in [4.78, 5) is 5.28. The number of halogens is 2. The van der Waals surface area contributed by atoms with Gasteiger partial charge in [-0.15, -0.1) is 0 Å². The van der Waals surface area contributed by atoms with Gasteiger partial charge in [0.05, 0.1) is 6.26 Å². The predicted molar refractivity (Wildman–Crippen MR) is 75.8 cm³/mol. The van der Waals surface area contributed by atoms with Crippen molar-refractivity contribution in [1.82, 2.24) is 0 Å². The highest BCUT2D eigenvalue weighted by Crippen LogP contribution is 2.38.